The second-order valence-electron chi connectivity index (χ2n) is 14.7. The minimum absolute atomic E-state index is 0. The summed E-state index contributed by atoms with van der Waals surface area (Å²) in [5.41, 5.74) is 22.0. The van der Waals surface area contributed by atoms with Gasteiger partial charge in [-0.05, 0) is 70.8 Å². The van der Waals surface area contributed by atoms with Crippen LogP contribution in [0.15, 0.2) is 126 Å². The number of carbonyl (C=O) groups is 2. The normalized spacial score (nSPS) is 10.1. The Hall–Kier alpha value is -8.66. The first-order chi connectivity index (χ1) is 34.1. The molecule has 6 aromatic rings. The fourth-order valence-corrected chi connectivity index (χ4v) is 6.40. The molecule has 11 N–H and O–H groups in total. The third-order valence-electron chi connectivity index (χ3n) is 9.94. The van der Waals surface area contributed by atoms with Gasteiger partial charge in [-0.2, -0.15) is 17.1 Å². The number of methoxy groups -OCH3 is 3. The molecule has 4 aromatic carbocycles. The molecule has 0 bridgehead atoms. The van der Waals surface area contributed by atoms with E-state index < -0.39 is 34.7 Å². The molecule has 0 saturated heterocycles. The van der Waals surface area contributed by atoms with E-state index in [4.69, 9.17) is 47.4 Å². The zero-order valence-corrected chi connectivity index (χ0v) is 40.3. The van der Waals surface area contributed by atoms with Gasteiger partial charge in [-0.15, -0.1) is 0 Å². The molecule has 25 nitrogen and oxygen atoms in total. The second kappa shape index (κ2) is 28.7. The van der Waals surface area contributed by atoms with Crippen LogP contribution in [0.5, 0.6) is 11.5 Å². The third-order valence-corrected chi connectivity index (χ3v) is 9.94. The molecule has 0 spiro atoms. The molecule has 0 saturated carbocycles. The van der Waals surface area contributed by atoms with Crippen LogP contribution in [0.2, 0.25) is 0 Å². The molecule has 6 rings (SSSR count). The van der Waals surface area contributed by atoms with Gasteiger partial charge in [0.1, 0.15) is 11.5 Å². The number of aliphatic imine (C=N–C) groups is 2. The van der Waals surface area contributed by atoms with Crippen molar-refractivity contribution >= 4 is 35.8 Å². The number of carboxylic acids is 1. The van der Waals surface area contributed by atoms with E-state index in [2.05, 4.69) is 30.6 Å². The maximum absolute atomic E-state index is 13.4. The van der Waals surface area contributed by atoms with Crippen LogP contribution in [0.4, 0.5) is 11.9 Å². The van der Waals surface area contributed by atoms with Crippen molar-refractivity contribution in [2.45, 2.75) is 26.2 Å². The first kappa shape index (κ1) is 57.7. The monoisotopic (exact) mass is 986 g/mol. The van der Waals surface area contributed by atoms with Crippen LogP contribution in [-0.4, -0.2) is 112 Å². The topological polar surface area (TPSA) is 372 Å². The number of aromatic nitrogens is 6. The summed E-state index contributed by atoms with van der Waals surface area (Å²) in [5.74, 6) is -0.168. The largest absolute Gasteiger partial charge is 1.00 e. The fourth-order valence-electron chi connectivity index (χ4n) is 6.40. The first-order valence-corrected chi connectivity index (χ1v) is 21.3. The number of anilines is 2. The molecule has 0 radical (unpaired) electrons. The Bertz CT molecular complexity index is 3020. The van der Waals surface area contributed by atoms with E-state index in [1.807, 2.05) is 12.1 Å². The third kappa shape index (κ3) is 16.8. The van der Waals surface area contributed by atoms with E-state index in [1.165, 1.54) is 28.4 Å². The predicted molar refractivity (Wildman–Crippen MR) is 263 cm³/mol. The van der Waals surface area contributed by atoms with Crippen LogP contribution >= 0.6 is 0 Å². The standard InChI is InChI=1S/C23H27N7O5.C22H25N7O5.CH3O.Li/c1-34-18-9-5-16(6-10-18)13-29-21(27-12-11-26-20(24)25)28-22(32)30(23(29)33)14-15-3-7-17(8-4-15)19(31)35-2;1-34-17-8-4-15(5-9-17)12-28-20(26-11-10-25-19(23)24)27-21(32)29(22(28)33)13-14-2-6-16(7-3-14)18(30)31;1-2;/h3-10H,11-14H2,1-2H3,(H4,24,25,26)(H,27,28,32);2-9H,10-13H2,1H3,(H,30,31)(H4,23,24,25)(H,26,27,32);1H3;/q;;-1;+1. The van der Waals surface area contributed by atoms with Gasteiger partial charge in [0, 0.05) is 13.1 Å². The Morgan fingerprint density at radius 3 is 1.18 bits per heavy atom. The zero-order valence-electron chi connectivity index (χ0n) is 40.3. The Morgan fingerprint density at radius 2 is 0.875 bits per heavy atom. The number of nitrogens with one attached hydrogen (secondary N) is 2. The molecule has 0 fully saturated rings. The minimum Gasteiger partial charge on any atom is -0.857 e. The van der Waals surface area contributed by atoms with E-state index in [0.717, 1.165) is 27.4 Å². The fraction of sp³-hybridized carbons (Fsp3) is 0.261. The Balaban J connectivity index is 0.000000363. The van der Waals surface area contributed by atoms with Gasteiger partial charge in [0.2, 0.25) is 11.9 Å². The molecule has 0 unspecified atom stereocenters. The number of nitrogens with two attached hydrogens (primary N) is 4. The molecule has 2 aromatic heterocycles. The van der Waals surface area contributed by atoms with Crippen LogP contribution in [0.3, 0.4) is 0 Å². The van der Waals surface area contributed by atoms with Crippen LogP contribution in [0.25, 0.3) is 0 Å². The summed E-state index contributed by atoms with van der Waals surface area (Å²) in [6.07, 6.45) is 0. The van der Waals surface area contributed by atoms with Crippen molar-refractivity contribution in [1.82, 2.24) is 28.2 Å². The second-order valence-corrected chi connectivity index (χ2v) is 14.7. The zero-order chi connectivity index (χ0) is 52.0. The number of benzene rings is 4. The van der Waals surface area contributed by atoms with E-state index in [1.54, 1.807) is 87.0 Å². The Kier molecular flexibility index (Phi) is 23.0. The molecule has 0 atom stereocenters. The van der Waals surface area contributed by atoms with Crippen molar-refractivity contribution in [3.63, 3.8) is 0 Å². The molecule has 376 valence electrons. The summed E-state index contributed by atoms with van der Waals surface area (Å²) in [6.45, 7) is 1.15. The number of hydrogen-bond acceptors (Lipinski definition) is 16. The molecule has 0 aliphatic carbocycles. The SMILES string of the molecule is COC(=O)c1ccc(Cn2c(=O)nc(NCCN=C(N)N)n(Cc3ccc(OC)cc3)c2=O)cc1.COc1ccc(Cn2c(NCCN=C(N)N)nc(=O)n(Cc3ccc(C(=O)O)cc3)c2=O)cc1.C[O-].[Li+]. The van der Waals surface area contributed by atoms with Gasteiger partial charge in [-0.1, -0.05) is 48.5 Å². The molecule has 72 heavy (non-hydrogen) atoms. The number of ether oxygens (including phenoxy) is 3. The molecular formula is C46H55LiN14O11. The number of carbonyl (C=O) groups excluding carboxylic acids is 1. The summed E-state index contributed by atoms with van der Waals surface area (Å²) in [4.78, 5) is 90.8. The van der Waals surface area contributed by atoms with E-state index in [0.29, 0.717) is 28.2 Å². The first-order valence-electron chi connectivity index (χ1n) is 21.3. The Labute approximate surface area is 423 Å². The molecule has 2 heterocycles. The van der Waals surface area contributed by atoms with Crippen LogP contribution in [0, 0.1) is 0 Å². The minimum atomic E-state index is -1.07. The van der Waals surface area contributed by atoms with Gasteiger partial charge >= 0.3 is 53.6 Å². The summed E-state index contributed by atoms with van der Waals surface area (Å²) in [7, 11) is 5.16. The summed E-state index contributed by atoms with van der Waals surface area (Å²) < 4.78 is 19.8. The van der Waals surface area contributed by atoms with Gasteiger partial charge in [0.15, 0.2) is 11.9 Å². The molecular weight excluding hydrogens is 932 g/mol. The number of aromatic carboxylic acids is 1. The quantitative estimate of drug-likeness (QED) is 0.0126. The van der Waals surface area contributed by atoms with Crippen LogP contribution in [0.1, 0.15) is 43.0 Å². The number of carboxylic acid groups (broad SMARTS) is 1. The van der Waals surface area contributed by atoms with Gasteiger partial charge in [0.05, 0.1) is 71.7 Å². The average Bonchev–Trinajstić information content (AvgIpc) is 3.37. The van der Waals surface area contributed by atoms with E-state index >= 15 is 0 Å². The molecule has 0 aliphatic heterocycles. The van der Waals surface area contributed by atoms with Crippen molar-refractivity contribution in [2.24, 2.45) is 32.9 Å². The van der Waals surface area contributed by atoms with Crippen molar-refractivity contribution in [3.8, 4) is 11.5 Å². The number of rotatable bonds is 20. The maximum atomic E-state index is 13.4. The van der Waals surface area contributed by atoms with Crippen molar-refractivity contribution in [3.05, 3.63) is 172 Å². The molecule has 0 amide bonds. The van der Waals surface area contributed by atoms with Crippen molar-refractivity contribution in [1.29, 1.82) is 0 Å². The number of esters is 1. The van der Waals surface area contributed by atoms with Crippen molar-refractivity contribution < 1.29 is 52.9 Å². The maximum Gasteiger partial charge on any atom is 1.00 e. The van der Waals surface area contributed by atoms with Crippen LogP contribution in [-0.2, 0) is 30.9 Å². The Morgan fingerprint density at radius 1 is 0.556 bits per heavy atom. The molecule has 0 aliphatic rings. The number of hydrogen-bond donors (Lipinski definition) is 7. The molecule has 26 heteroatoms. The van der Waals surface area contributed by atoms with Gasteiger partial charge in [-0.25, -0.2) is 37.9 Å². The van der Waals surface area contributed by atoms with Crippen molar-refractivity contribution in [2.75, 3.05) is 65.3 Å². The van der Waals surface area contributed by atoms with E-state index in [9.17, 15) is 28.8 Å². The van der Waals surface area contributed by atoms with Gasteiger partial charge in [-0.3, -0.25) is 19.1 Å². The van der Waals surface area contributed by atoms with Gasteiger partial charge < -0.3 is 58.0 Å². The van der Waals surface area contributed by atoms with Crippen LogP contribution < -0.4 is 89.8 Å². The van der Waals surface area contributed by atoms with E-state index in [-0.39, 0.29) is 101 Å². The predicted octanol–water partition coefficient (Wildman–Crippen LogP) is -4.14. The summed E-state index contributed by atoms with van der Waals surface area (Å²) in [6, 6.07) is 26.6. The smallest absolute Gasteiger partial charge is 0.857 e. The number of nitrogens with zero attached hydrogens (tertiary/aromatic N) is 8. The number of guanidine groups is 2. The average molecular weight is 987 g/mol. The van der Waals surface area contributed by atoms with Gasteiger partial charge in [0.25, 0.3) is 0 Å². The summed E-state index contributed by atoms with van der Waals surface area (Å²) in [5, 5.41) is 23.2. The summed E-state index contributed by atoms with van der Waals surface area (Å²) >= 11 is 0.